The second kappa shape index (κ2) is 3.52. The van der Waals surface area contributed by atoms with Gasteiger partial charge in [0.25, 0.3) is 0 Å². The van der Waals surface area contributed by atoms with Crippen LogP contribution >= 0.6 is 0 Å². The number of carbonyl (C=O) groups is 1. The highest BCUT2D eigenvalue weighted by atomic mass is 16.4. The summed E-state index contributed by atoms with van der Waals surface area (Å²) in [4.78, 5) is 11.3. The normalized spacial score (nSPS) is 47.2. The van der Waals surface area contributed by atoms with Crippen LogP contribution < -0.4 is 0 Å². The third-order valence-corrected chi connectivity index (χ3v) is 6.61. The minimum absolute atomic E-state index is 0.288. The van der Waals surface area contributed by atoms with E-state index in [1.165, 1.54) is 44.9 Å². The van der Waals surface area contributed by atoms with Gasteiger partial charge in [-0.2, -0.15) is 0 Å². The highest BCUT2D eigenvalue weighted by Gasteiger charge is 2.54. The summed E-state index contributed by atoms with van der Waals surface area (Å²) in [6.07, 6.45) is 12.8. The fourth-order valence-corrected chi connectivity index (χ4v) is 5.82. The van der Waals surface area contributed by atoms with Gasteiger partial charge in [-0.05, 0) is 87.4 Å². The van der Waals surface area contributed by atoms with Crippen molar-refractivity contribution in [1.29, 1.82) is 0 Å². The van der Waals surface area contributed by atoms with Gasteiger partial charge in [0.1, 0.15) is 0 Å². The molecule has 0 atom stereocenters. The van der Waals surface area contributed by atoms with E-state index in [1.807, 2.05) is 0 Å². The third-order valence-electron chi connectivity index (χ3n) is 6.61. The molecule has 5 aliphatic carbocycles. The van der Waals surface area contributed by atoms with Crippen LogP contribution in [0.4, 0.5) is 0 Å². The van der Waals surface area contributed by atoms with E-state index >= 15 is 0 Å². The first-order valence-electron chi connectivity index (χ1n) is 7.83. The van der Waals surface area contributed by atoms with Crippen LogP contribution in [0.2, 0.25) is 0 Å². The lowest BCUT2D eigenvalue weighted by atomic mass is 9.48. The van der Waals surface area contributed by atoms with Crippen molar-refractivity contribution in [1.82, 2.24) is 0 Å². The van der Waals surface area contributed by atoms with Crippen molar-refractivity contribution in [3.63, 3.8) is 0 Å². The summed E-state index contributed by atoms with van der Waals surface area (Å²) in [5.74, 6) is 2.47. The summed E-state index contributed by atoms with van der Waals surface area (Å²) in [6, 6.07) is 0. The summed E-state index contributed by atoms with van der Waals surface area (Å²) in [5.41, 5.74) is 0.281. The number of hydrogen-bond acceptors (Lipinski definition) is 1. The van der Waals surface area contributed by atoms with Gasteiger partial charge in [-0.25, -0.2) is 0 Å². The molecule has 18 heavy (non-hydrogen) atoms. The van der Waals surface area contributed by atoms with Gasteiger partial charge < -0.3 is 5.11 Å². The van der Waals surface area contributed by atoms with Crippen LogP contribution in [0.25, 0.3) is 0 Å². The Morgan fingerprint density at radius 2 is 1.44 bits per heavy atom. The Labute approximate surface area is 109 Å². The van der Waals surface area contributed by atoms with Crippen molar-refractivity contribution in [3.8, 4) is 0 Å². The van der Waals surface area contributed by atoms with Crippen molar-refractivity contribution in [2.24, 2.45) is 28.6 Å². The Kier molecular flexibility index (Phi) is 2.21. The summed E-state index contributed by atoms with van der Waals surface area (Å²) in [5, 5.41) is 9.32. The predicted molar refractivity (Wildman–Crippen MR) is 69.1 cm³/mol. The second-order valence-corrected chi connectivity index (χ2v) is 8.00. The molecule has 0 spiro atoms. The molecule has 4 bridgehead atoms. The monoisotopic (exact) mass is 248 g/mol. The quantitative estimate of drug-likeness (QED) is 0.820. The molecule has 0 radical (unpaired) electrons. The first-order chi connectivity index (χ1) is 8.59. The third kappa shape index (κ3) is 1.64. The lowest BCUT2D eigenvalue weighted by Crippen LogP contribution is -2.46. The molecule has 5 rings (SSSR count). The standard InChI is InChI=1S/C16H24O2/c17-14(18)16(3-4-16)2-1-15-8-11-5-12(9-15)7-13(6-11)10-15/h11-13H,1-10H2,(H,17,18). The average molecular weight is 248 g/mol. The molecule has 0 unspecified atom stereocenters. The molecule has 100 valence electrons. The number of hydrogen-bond donors (Lipinski definition) is 1. The van der Waals surface area contributed by atoms with Crippen molar-refractivity contribution >= 4 is 5.97 Å². The maximum absolute atomic E-state index is 11.3. The zero-order valence-corrected chi connectivity index (χ0v) is 11.2. The van der Waals surface area contributed by atoms with Gasteiger partial charge >= 0.3 is 5.97 Å². The average Bonchev–Trinajstić information content (AvgIpc) is 3.05. The van der Waals surface area contributed by atoms with Crippen molar-refractivity contribution in [2.75, 3.05) is 0 Å². The van der Waals surface area contributed by atoms with Crippen LogP contribution in [-0.2, 0) is 4.79 Å². The van der Waals surface area contributed by atoms with Gasteiger partial charge in [0.2, 0.25) is 0 Å². The maximum Gasteiger partial charge on any atom is 0.309 e. The molecular formula is C16H24O2. The predicted octanol–water partition coefficient (Wildman–Crippen LogP) is 3.85. The molecule has 0 amide bonds. The molecule has 2 nitrogen and oxygen atoms in total. The van der Waals surface area contributed by atoms with E-state index < -0.39 is 5.97 Å². The van der Waals surface area contributed by atoms with Crippen LogP contribution in [0, 0.1) is 28.6 Å². The van der Waals surface area contributed by atoms with E-state index in [4.69, 9.17) is 0 Å². The van der Waals surface area contributed by atoms with Crippen molar-refractivity contribution in [3.05, 3.63) is 0 Å². The van der Waals surface area contributed by atoms with Crippen LogP contribution in [0.1, 0.15) is 64.2 Å². The van der Waals surface area contributed by atoms with E-state index in [2.05, 4.69) is 0 Å². The molecule has 0 aromatic carbocycles. The SMILES string of the molecule is O=C(O)C1(CCC23CC4CC(CC(C4)C2)C3)CC1. The maximum atomic E-state index is 11.3. The first-order valence-corrected chi connectivity index (χ1v) is 7.83. The molecule has 0 saturated heterocycles. The molecule has 0 heterocycles. The summed E-state index contributed by atoms with van der Waals surface area (Å²) in [7, 11) is 0. The molecule has 5 saturated carbocycles. The summed E-state index contributed by atoms with van der Waals surface area (Å²) >= 11 is 0. The van der Waals surface area contributed by atoms with Crippen molar-refractivity contribution in [2.45, 2.75) is 64.2 Å². The Hall–Kier alpha value is -0.530. The lowest BCUT2D eigenvalue weighted by molar-refractivity contribution is -0.144. The van der Waals surface area contributed by atoms with Gasteiger partial charge in [0, 0.05) is 0 Å². The second-order valence-electron chi connectivity index (χ2n) is 8.00. The Morgan fingerprint density at radius 1 is 0.944 bits per heavy atom. The van der Waals surface area contributed by atoms with Crippen LogP contribution in [0.15, 0.2) is 0 Å². The number of carboxylic acid groups (broad SMARTS) is 1. The van der Waals surface area contributed by atoms with E-state index in [0.29, 0.717) is 5.41 Å². The topological polar surface area (TPSA) is 37.3 Å². The van der Waals surface area contributed by atoms with E-state index in [-0.39, 0.29) is 5.41 Å². The number of carboxylic acids is 1. The molecular weight excluding hydrogens is 224 g/mol. The highest BCUT2D eigenvalue weighted by Crippen LogP contribution is 2.63. The first kappa shape index (κ1) is 11.3. The van der Waals surface area contributed by atoms with E-state index in [1.54, 1.807) is 0 Å². The zero-order valence-electron chi connectivity index (χ0n) is 11.2. The Bertz CT molecular complexity index is 345. The summed E-state index contributed by atoms with van der Waals surface area (Å²) in [6.45, 7) is 0. The zero-order chi connectivity index (χ0) is 12.4. The minimum Gasteiger partial charge on any atom is -0.481 e. The fraction of sp³-hybridized carbons (Fsp3) is 0.938. The van der Waals surface area contributed by atoms with Crippen LogP contribution in [0.3, 0.4) is 0 Å². The van der Waals surface area contributed by atoms with Crippen molar-refractivity contribution < 1.29 is 9.90 Å². The highest BCUT2D eigenvalue weighted by molar-refractivity contribution is 5.77. The molecule has 5 fully saturated rings. The molecule has 0 aromatic heterocycles. The molecule has 2 heteroatoms. The van der Waals surface area contributed by atoms with Gasteiger partial charge in [0.15, 0.2) is 0 Å². The largest absolute Gasteiger partial charge is 0.481 e. The van der Waals surface area contributed by atoms with E-state index in [9.17, 15) is 9.90 Å². The smallest absolute Gasteiger partial charge is 0.309 e. The fourth-order valence-electron chi connectivity index (χ4n) is 5.82. The number of aliphatic carboxylic acids is 1. The molecule has 0 aromatic rings. The van der Waals surface area contributed by atoms with E-state index in [0.717, 1.165) is 37.0 Å². The Balaban J connectivity index is 1.47. The molecule has 0 aliphatic heterocycles. The van der Waals surface area contributed by atoms with Gasteiger partial charge in [-0.3, -0.25) is 4.79 Å². The minimum atomic E-state index is -0.521. The number of rotatable bonds is 4. The molecule has 5 aliphatic rings. The Morgan fingerprint density at radius 3 is 1.83 bits per heavy atom. The van der Waals surface area contributed by atoms with Gasteiger partial charge in [0.05, 0.1) is 5.41 Å². The van der Waals surface area contributed by atoms with Crippen LogP contribution in [-0.4, -0.2) is 11.1 Å². The summed E-state index contributed by atoms with van der Waals surface area (Å²) < 4.78 is 0. The van der Waals surface area contributed by atoms with Gasteiger partial charge in [-0.1, -0.05) is 0 Å². The lowest BCUT2D eigenvalue weighted by Gasteiger charge is -2.57. The van der Waals surface area contributed by atoms with Gasteiger partial charge in [-0.15, -0.1) is 0 Å². The molecule has 1 N–H and O–H groups in total. The van der Waals surface area contributed by atoms with Crippen LogP contribution in [0.5, 0.6) is 0 Å².